The molecular formula is C8H13N3O3. The molecule has 6 nitrogen and oxygen atoms in total. The van der Waals surface area contributed by atoms with E-state index in [1.165, 1.54) is 6.26 Å². The van der Waals surface area contributed by atoms with Crippen molar-refractivity contribution in [3.05, 3.63) is 17.8 Å². The topological polar surface area (TPSA) is 101 Å². The number of aliphatic hydroxyl groups is 1. The van der Waals surface area contributed by atoms with E-state index in [1.54, 1.807) is 6.92 Å². The zero-order valence-corrected chi connectivity index (χ0v) is 7.86. The van der Waals surface area contributed by atoms with Crippen molar-refractivity contribution in [1.82, 2.24) is 10.3 Å². The fourth-order valence-electron chi connectivity index (χ4n) is 0.891. The number of carbonyl (C=O) groups excluding carboxylic acids is 1. The second kappa shape index (κ2) is 4.73. The van der Waals surface area contributed by atoms with Crippen LogP contribution in [-0.4, -0.2) is 29.1 Å². The normalized spacial score (nSPS) is 12.5. The van der Waals surface area contributed by atoms with Gasteiger partial charge in [-0.15, -0.1) is 0 Å². The first-order valence-electron chi connectivity index (χ1n) is 4.29. The van der Waals surface area contributed by atoms with Crippen molar-refractivity contribution in [2.45, 2.75) is 13.0 Å². The zero-order chi connectivity index (χ0) is 10.6. The van der Waals surface area contributed by atoms with Crippen LogP contribution in [0.3, 0.4) is 0 Å². The van der Waals surface area contributed by atoms with Gasteiger partial charge in [0.05, 0.1) is 6.61 Å². The molecule has 1 aromatic heterocycles. The predicted octanol–water partition coefficient (Wildman–Crippen LogP) is -0.584. The molecule has 0 spiro atoms. The summed E-state index contributed by atoms with van der Waals surface area (Å²) in [6, 6.07) is -0.682. The van der Waals surface area contributed by atoms with Gasteiger partial charge in [-0.05, 0) is 6.92 Å². The maximum absolute atomic E-state index is 11.2. The highest BCUT2D eigenvalue weighted by Crippen LogP contribution is 2.08. The number of aromatic nitrogens is 1. The van der Waals surface area contributed by atoms with Gasteiger partial charge in [0.25, 0.3) is 5.91 Å². The second-order valence-electron chi connectivity index (χ2n) is 2.72. The van der Waals surface area contributed by atoms with E-state index in [0.29, 0.717) is 6.54 Å². The first-order valence-corrected chi connectivity index (χ1v) is 4.29. The highest BCUT2D eigenvalue weighted by Gasteiger charge is 2.15. The smallest absolute Gasteiger partial charge is 0.273 e. The van der Waals surface area contributed by atoms with Gasteiger partial charge < -0.3 is 20.6 Å². The molecule has 1 rings (SSSR count). The van der Waals surface area contributed by atoms with Gasteiger partial charge in [0, 0.05) is 6.54 Å². The number of aliphatic hydroxyl groups excluding tert-OH is 1. The summed E-state index contributed by atoms with van der Waals surface area (Å²) in [5.41, 5.74) is 5.62. The van der Waals surface area contributed by atoms with E-state index in [2.05, 4.69) is 10.3 Å². The molecule has 78 valence electrons. The molecule has 0 aliphatic rings. The molecular weight excluding hydrogens is 186 g/mol. The number of nitrogens with zero attached hydrogens (tertiary/aromatic N) is 1. The van der Waals surface area contributed by atoms with Crippen molar-refractivity contribution in [2.24, 2.45) is 5.73 Å². The average molecular weight is 199 g/mol. The van der Waals surface area contributed by atoms with E-state index in [0.717, 1.165) is 0 Å². The standard InChI is InChI=1S/C8H13N3O3/c1-2-10-7(13)6-4-14-8(11-6)5(9)3-12/h4-5,12H,2-3,9H2,1H3,(H,10,13). The molecule has 14 heavy (non-hydrogen) atoms. The molecule has 0 fully saturated rings. The first kappa shape index (κ1) is 10.7. The van der Waals surface area contributed by atoms with Crippen LogP contribution in [0.1, 0.15) is 29.3 Å². The Morgan fingerprint density at radius 2 is 2.57 bits per heavy atom. The first-order chi connectivity index (χ1) is 6.69. The maximum atomic E-state index is 11.2. The number of hydrogen-bond donors (Lipinski definition) is 3. The van der Waals surface area contributed by atoms with Gasteiger partial charge in [-0.1, -0.05) is 0 Å². The predicted molar refractivity (Wildman–Crippen MR) is 48.5 cm³/mol. The van der Waals surface area contributed by atoms with Crippen LogP contribution in [-0.2, 0) is 0 Å². The molecule has 1 atom stereocenters. The van der Waals surface area contributed by atoms with Gasteiger partial charge in [-0.2, -0.15) is 0 Å². The minimum Gasteiger partial charge on any atom is -0.446 e. The molecule has 6 heteroatoms. The Morgan fingerprint density at radius 1 is 1.86 bits per heavy atom. The van der Waals surface area contributed by atoms with Crippen molar-refractivity contribution >= 4 is 5.91 Å². The van der Waals surface area contributed by atoms with Crippen molar-refractivity contribution in [3.8, 4) is 0 Å². The number of nitrogens with one attached hydrogen (secondary N) is 1. The van der Waals surface area contributed by atoms with Crippen molar-refractivity contribution in [2.75, 3.05) is 13.2 Å². The van der Waals surface area contributed by atoms with Gasteiger partial charge in [0.1, 0.15) is 12.3 Å². The van der Waals surface area contributed by atoms with Crippen LogP contribution in [0.2, 0.25) is 0 Å². The van der Waals surface area contributed by atoms with Crippen LogP contribution < -0.4 is 11.1 Å². The Morgan fingerprint density at radius 3 is 3.14 bits per heavy atom. The summed E-state index contributed by atoms with van der Waals surface area (Å²) in [5, 5.41) is 11.3. The van der Waals surface area contributed by atoms with E-state index in [4.69, 9.17) is 15.3 Å². The molecule has 0 bridgehead atoms. The van der Waals surface area contributed by atoms with Gasteiger partial charge in [0.2, 0.25) is 5.89 Å². The molecule has 0 saturated heterocycles. The highest BCUT2D eigenvalue weighted by molar-refractivity contribution is 5.91. The molecule has 0 saturated carbocycles. The molecule has 0 radical (unpaired) electrons. The molecule has 1 amide bonds. The quantitative estimate of drug-likeness (QED) is 0.602. The summed E-state index contributed by atoms with van der Waals surface area (Å²) < 4.78 is 4.93. The van der Waals surface area contributed by atoms with Crippen LogP contribution in [0.25, 0.3) is 0 Å². The number of amides is 1. The van der Waals surface area contributed by atoms with Crippen LogP contribution >= 0.6 is 0 Å². The van der Waals surface area contributed by atoms with Gasteiger partial charge in [-0.25, -0.2) is 4.98 Å². The summed E-state index contributed by atoms with van der Waals surface area (Å²) in [6.07, 6.45) is 1.22. The summed E-state index contributed by atoms with van der Waals surface area (Å²) in [4.78, 5) is 15.1. The number of nitrogens with two attached hydrogens (primary N) is 1. The van der Waals surface area contributed by atoms with E-state index in [9.17, 15) is 4.79 Å². The monoisotopic (exact) mass is 199 g/mol. The maximum Gasteiger partial charge on any atom is 0.273 e. The van der Waals surface area contributed by atoms with Crippen molar-refractivity contribution in [3.63, 3.8) is 0 Å². The molecule has 0 aliphatic carbocycles. The summed E-state index contributed by atoms with van der Waals surface area (Å²) in [5.74, 6) is -0.151. The number of rotatable bonds is 4. The van der Waals surface area contributed by atoms with Crippen molar-refractivity contribution in [1.29, 1.82) is 0 Å². The highest BCUT2D eigenvalue weighted by atomic mass is 16.3. The van der Waals surface area contributed by atoms with E-state index in [1.807, 2.05) is 0 Å². The Kier molecular flexibility index (Phi) is 3.61. The lowest BCUT2D eigenvalue weighted by molar-refractivity contribution is 0.0950. The Bertz CT molecular complexity index is 311. The van der Waals surface area contributed by atoms with E-state index >= 15 is 0 Å². The number of carbonyl (C=O) groups is 1. The Hall–Kier alpha value is -1.40. The van der Waals surface area contributed by atoms with Gasteiger partial charge >= 0.3 is 0 Å². The minimum absolute atomic E-state index is 0.161. The van der Waals surface area contributed by atoms with Crippen LogP contribution in [0.5, 0.6) is 0 Å². The molecule has 1 unspecified atom stereocenters. The third kappa shape index (κ3) is 2.30. The fourth-order valence-corrected chi connectivity index (χ4v) is 0.891. The fraction of sp³-hybridized carbons (Fsp3) is 0.500. The zero-order valence-electron chi connectivity index (χ0n) is 7.86. The van der Waals surface area contributed by atoms with Crippen LogP contribution in [0.15, 0.2) is 10.7 Å². The Labute approximate surface area is 81.1 Å². The lowest BCUT2D eigenvalue weighted by Gasteiger charge is -2.00. The lowest BCUT2D eigenvalue weighted by atomic mass is 10.3. The average Bonchev–Trinajstić information content (AvgIpc) is 2.66. The summed E-state index contributed by atoms with van der Waals surface area (Å²) >= 11 is 0. The van der Waals surface area contributed by atoms with Gasteiger partial charge in [-0.3, -0.25) is 4.79 Å². The number of hydrogen-bond acceptors (Lipinski definition) is 5. The molecule has 4 N–H and O–H groups in total. The molecule has 1 heterocycles. The minimum atomic E-state index is -0.682. The van der Waals surface area contributed by atoms with Gasteiger partial charge in [0.15, 0.2) is 5.69 Å². The summed E-state index contributed by atoms with van der Waals surface area (Å²) in [6.45, 7) is 2.06. The third-order valence-electron chi connectivity index (χ3n) is 1.61. The van der Waals surface area contributed by atoms with Crippen LogP contribution in [0.4, 0.5) is 0 Å². The molecule has 1 aromatic rings. The lowest BCUT2D eigenvalue weighted by Crippen LogP contribution is -2.23. The Balaban J connectivity index is 2.72. The summed E-state index contributed by atoms with van der Waals surface area (Å²) in [7, 11) is 0. The largest absolute Gasteiger partial charge is 0.446 e. The van der Waals surface area contributed by atoms with E-state index in [-0.39, 0.29) is 24.1 Å². The van der Waals surface area contributed by atoms with Crippen LogP contribution in [0, 0.1) is 0 Å². The van der Waals surface area contributed by atoms with E-state index < -0.39 is 6.04 Å². The third-order valence-corrected chi connectivity index (χ3v) is 1.61. The molecule has 0 aliphatic heterocycles. The molecule has 0 aromatic carbocycles. The van der Waals surface area contributed by atoms with Crippen molar-refractivity contribution < 1.29 is 14.3 Å². The number of oxazole rings is 1. The SMILES string of the molecule is CCNC(=O)c1coc(C(N)CO)n1. The second-order valence-corrected chi connectivity index (χ2v) is 2.72.